The molecule has 0 spiro atoms. The largest absolute Gasteiger partial charge is 0.470 e. The van der Waals surface area contributed by atoms with E-state index in [0.29, 0.717) is 0 Å². The summed E-state index contributed by atoms with van der Waals surface area (Å²) in [6, 6.07) is 0. The number of rotatable bonds is 2. The standard InChI is InChI=1S/C7H8FN3O/c8-6-3-10-4-7(11-6)12-5-1-9-2-5/h3-5,9H,1-2H2. The fraction of sp³-hybridized carbons (Fsp3) is 0.429. The summed E-state index contributed by atoms with van der Waals surface area (Å²) in [5, 5.41) is 3.03. The van der Waals surface area contributed by atoms with E-state index in [9.17, 15) is 4.39 Å². The number of ether oxygens (including phenoxy) is 1. The van der Waals surface area contributed by atoms with Crippen LogP contribution in [-0.2, 0) is 0 Å². The maximum atomic E-state index is 12.5. The maximum absolute atomic E-state index is 12.5. The van der Waals surface area contributed by atoms with E-state index in [1.54, 1.807) is 0 Å². The summed E-state index contributed by atoms with van der Waals surface area (Å²) >= 11 is 0. The predicted molar refractivity (Wildman–Crippen MR) is 39.3 cm³/mol. The highest BCUT2D eigenvalue weighted by atomic mass is 19.1. The second-order valence-electron chi connectivity index (χ2n) is 2.58. The lowest BCUT2D eigenvalue weighted by Gasteiger charge is -2.26. The van der Waals surface area contributed by atoms with Crippen molar-refractivity contribution in [3.05, 3.63) is 18.3 Å². The van der Waals surface area contributed by atoms with Crippen LogP contribution >= 0.6 is 0 Å². The topological polar surface area (TPSA) is 47.0 Å². The van der Waals surface area contributed by atoms with Crippen molar-refractivity contribution in [2.75, 3.05) is 13.1 Å². The Labute approximate surface area is 68.8 Å². The monoisotopic (exact) mass is 169 g/mol. The Morgan fingerprint density at radius 1 is 1.50 bits per heavy atom. The van der Waals surface area contributed by atoms with Gasteiger partial charge in [0.25, 0.3) is 0 Å². The molecule has 0 atom stereocenters. The highest BCUT2D eigenvalue weighted by Gasteiger charge is 2.18. The van der Waals surface area contributed by atoms with Crippen LogP contribution in [0.2, 0.25) is 0 Å². The van der Waals surface area contributed by atoms with Crippen LogP contribution in [0.4, 0.5) is 4.39 Å². The fourth-order valence-electron chi connectivity index (χ4n) is 0.899. The van der Waals surface area contributed by atoms with E-state index < -0.39 is 5.95 Å². The quantitative estimate of drug-likeness (QED) is 0.675. The Kier molecular flexibility index (Phi) is 1.87. The van der Waals surface area contributed by atoms with Crippen molar-refractivity contribution < 1.29 is 9.13 Å². The third kappa shape index (κ3) is 1.50. The second kappa shape index (κ2) is 3.02. The molecule has 0 saturated carbocycles. The van der Waals surface area contributed by atoms with Gasteiger partial charge in [0, 0.05) is 13.1 Å². The molecule has 1 N–H and O–H groups in total. The molecule has 2 heterocycles. The summed E-state index contributed by atoms with van der Waals surface area (Å²) < 4.78 is 17.7. The summed E-state index contributed by atoms with van der Waals surface area (Å²) in [6.07, 6.45) is 2.56. The van der Waals surface area contributed by atoms with Crippen LogP contribution < -0.4 is 10.1 Å². The fourth-order valence-corrected chi connectivity index (χ4v) is 0.899. The maximum Gasteiger partial charge on any atom is 0.235 e. The van der Waals surface area contributed by atoms with E-state index in [1.165, 1.54) is 6.20 Å². The SMILES string of the molecule is Fc1cncc(OC2CNC2)n1. The minimum Gasteiger partial charge on any atom is -0.470 e. The van der Waals surface area contributed by atoms with E-state index in [0.717, 1.165) is 19.3 Å². The van der Waals surface area contributed by atoms with Gasteiger partial charge in [0.1, 0.15) is 6.10 Å². The van der Waals surface area contributed by atoms with Crippen molar-refractivity contribution in [3.8, 4) is 5.88 Å². The highest BCUT2D eigenvalue weighted by Crippen LogP contribution is 2.08. The third-order valence-electron chi connectivity index (χ3n) is 1.61. The minimum atomic E-state index is -0.611. The normalized spacial score (nSPS) is 17.1. The van der Waals surface area contributed by atoms with E-state index in [1.807, 2.05) is 0 Å². The van der Waals surface area contributed by atoms with Gasteiger partial charge in [-0.05, 0) is 0 Å². The number of hydrogen-bond acceptors (Lipinski definition) is 4. The van der Waals surface area contributed by atoms with E-state index in [2.05, 4.69) is 15.3 Å². The molecule has 1 aliphatic heterocycles. The van der Waals surface area contributed by atoms with Crippen LogP contribution in [0, 0.1) is 5.95 Å². The lowest BCUT2D eigenvalue weighted by Crippen LogP contribution is -2.50. The first-order valence-electron chi connectivity index (χ1n) is 3.69. The van der Waals surface area contributed by atoms with Crippen LogP contribution in [0.3, 0.4) is 0 Å². The molecule has 64 valence electrons. The Hall–Kier alpha value is -1.23. The Morgan fingerprint density at radius 3 is 2.92 bits per heavy atom. The lowest BCUT2D eigenvalue weighted by atomic mass is 10.2. The Morgan fingerprint density at radius 2 is 2.33 bits per heavy atom. The number of nitrogens with one attached hydrogen (secondary N) is 1. The molecular weight excluding hydrogens is 161 g/mol. The molecule has 1 aliphatic rings. The molecule has 0 amide bonds. The first-order chi connectivity index (χ1) is 5.84. The van der Waals surface area contributed by atoms with Crippen LogP contribution in [0.15, 0.2) is 12.4 Å². The predicted octanol–water partition coefficient (Wildman–Crippen LogP) is -0.0337. The van der Waals surface area contributed by atoms with Crippen molar-refractivity contribution >= 4 is 0 Å². The number of hydrogen-bond donors (Lipinski definition) is 1. The first-order valence-corrected chi connectivity index (χ1v) is 3.69. The zero-order chi connectivity index (χ0) is 8.39. The van der Waals surface area contributed by atoms with Crippen LogP contribution in [-0.4, -0.2) is 29.2 Å². The molecule has 1 fully saturated rings. The summed E-state index contributed by atoms with van der Waals surface area (Å²) in [4.78, 5) is 7.13. The number of halogens is 1. The number of aromatic nitrogens is 2. The Balaban J connectivity index is 2.02. The molecule has 0 aromatic carbocycles. The van der Waals surface area contributed by atoms with Gasteiger partial charge in [0.15, 0.2) is 0 Å². The van der Waals surface area contributed by atoms with Gasteiger partial charge < -0.3 is 10.1 Å². The zero-order valence-corrected chi connectivity index (χ0v) is 6.33. The zero-order valence-electron chi connectivity index (χ0n) is 6.33. The summed E-state index contributed by atoms with van der Waals surface area (Å²) in [5.41, 5.74) is 0. The molecule has 4 nitrogen and oxygen atoms in total. The molecule has 0 bridgehead atoms. The molecule has 5 heteroatoms. The van der Waals surface area contributed by atoms with Crippen molar-refractivity contribution in [1.29, 1.82) is 0 Å². The molecule has 2 rings (SSSR count). The van der Waals surface area contributed by atoms with Crippen LogP contribution in [0.5, 0.6) is 5.88 Å². The van der Waals surface area contributed by atoms with Crippen molar-refractivity contribution in [1.82, 2.24) is 15.3 Å². The first kappa shape index (κ1) is 7.42. The molecule has 0 aliphatic carbocycles. The summed E-state index contributed by atoms with van der Waals surface area (Å²) in [5.74, 6) is -0.360. The van der Waals surface area contributed by atoms with Crippen LogP contribution in [0.25, 0.3) is 0 Å². The van der Waals surface area contributed by atoms with Crippen molar-refractivity contribution in [3.63, 3.8) is 0 Å². The smallest absolute Gasteiger partial charge is 0.235 e. The van der Waals surface area contributed by atoms with Gasteiger partial charge >= 0.3 is 0 Å². The molecule has 1 saturated heterocycles. The summed E-state index contributed by atoms with van der Waals surface area (Å²) in [7, 11) is 0. The van der Waals surface area contributed by atoms with Gasteiger partial charge in [-0.2, -0.15) is 9.37 Å². The average molecular weight is 169 g/mol. The molecule has 12 heavy (non-hydrogen) atoms. The molecule has 1 aromatic heterocycles. The Bertz CT molecular complexity index is 277. The van der Waals surface area contributed by atoms with E-state index in [-0.39, 0.29) is 12.0 Å². The molecule has 0 unspecified atom stereocenters. The van der Waals surface area contributed by atoms with Crippen molar-refractivity contribution in [2.45, 2.75) is 6.10 Å². The summed E-state index contributed by atoms with van der Waals surface area (Å²) in [6.45, 7) is 1.58. The molecule has 1 aromatic rings. The lowest BCUT2D eigenvalue weighted by molar-refractivity contribution is 0.134. The minimum absolute atomic E-state index is 0.112. The molecule has 0 radical (unpaired) electrons. The van der Waals surface area contributed by atoms with Gasteiger partial charge in [0.05, 0.1) is 12.4 Å². The average Bonchev–Trinajstić information content (AvgIpc) is 1.97. The van der Waals surface area contributed by atoms with Gasteiger partial charge in [-0.25, -0.2) is 0 Å². The number of nitrogens with zero attached hydrogens (tertiary/aromatic N) is 2. The van der Waals surface area contributed by atoms with Gasteiger partial charge in [-0.3, -0.25) is 4.98 Å². The van der Waals surface area contributed by atoms with Gasteiger partial charge in [-0.15, -0.1) is 0 Å². The molecular formula is C7H8FN3O. The van der Waals surface area contributed by atoms with Crippen LogP contribution in [0.1, 0.15) is 0 Å². The highest BCUT2D eigenvalue weighted by molar-refractivity contribution is 5.04. The van der Waals surface area contributed by atoms with Gasteiger partial charge in [-0.1, -0.05) is 0 Å². The second-order valence-corrected chi connectivity index (χ2v) is 2.58. The van der Waals surface area contributed by atoms with Crippen molar-refractivity contribution in [2.24, 2.45) is 0 Å². The van der Waals surface area contributed by atoms with E-state index in [4.69, 9.17) is 4.74 Å². The van der Waals surface area contributed by atoms with E-state index >= 15 is 0 Å². The van der Waals surface area contributed by atoms with Gasteiger partial charge in [0.2, 0.25) is 11.8 Å². The third-order valence-corrected chi connectivity index (χ3v) is 1.61.